The van der Waals surface area contributed by atoms with Crippen LogP contribution in [0.4, 0.5) is 0 Å². The molecule has 0 unspecified atom stereocenters. The van der Waals surface area contributed by atoms with Gasteiger partial charge in [-0.25, -0.2) is 9.97 Å². The molecular weight excluding hydrogens is 665 g/mol. The van der Waals surface area contributed by atoms with Gasteiger partial charge in [-0.05, 0) is 95.0 Å². The molecule has 0 N–H and O–H groups in total. The predicted octanol–water partition coefficient (Wildman–Crippen LogP) is 13.3. The van der Waals surface area contributed by atoms with Crippen molar-refractivity contribution < 1.29 is 0 Å². The van der Waals surface area contributed by atoms with Gasteiger partial charge in [-0.2, -0.15) is 0 Å². The van der Waals surface area contributed by atoms with Crippen LogP contribution in [0.1, 0.15) is 22.3 Å². The van der Waals surface area contributed by atoms with Gasteiger partial charge in [0, 0.05) is 16.7 Å². The summed E-state index contributed by atoms with van der Waals surface area (Å²) in [4.78, 5) is 10.7. The fraction of sp³-hybridized carbons (Fsp3) is 0.0189. The van der Waals surface area contributed by atoms with Crippen LogP contribution in [0.3, 0.4) is 0 Å². The smallest absolute Gasteiger partial charge is 0.160 e. The molecule has 2 nitrogen and oxygen atoms in total. The second-order valence-electron chi connectivity index (χ2n) is 14.8. The summed E-state index contributed by atoms with van der Waals surface area (Å²) in [7, 11) is 0. The van der Waals surface area contributed by atoms with Crippen molar-refractivity contribution in [3.05, 3.63) is 216 Å². The van der Waals surface area contributed by atoms with Crippen LogP contribution in [0, 0.1) is 0 Å². The van der Waals surface area contributed by atoms with Gasteiger partial charge in [0.25, 0.3) is 0 Å². The molecule has 9 aromatic carbocycles. The Kier molecular flexibility index (Phi) is 6.29. The maximum atomic E-state index is 5.38. The Morgan fingerprint density at radius 2 is 0.873 bits per heavy atom. The number of hydrogen-bond donors (Lipinski definition) is 0. The Balaban J connectivity index is 1.13. The lowest BCUT2D eigenvalue weighted by atomic mass is 9.70. The van der Waals surface area contributed by atoms with E-state index in [9.17, 15) is 0 Å². The Morgan fingerprint density at radius 3 is 1.60 bits per heavy atom. The molecule has 0 bridgehead atoms. The molecule has 0 saturated heterocycles. The zero-order chi connectivity index (χ0) is 36.1. The van der Waals surface area contributed by atoms with Gasteiger partial charge >= 0.3 is 0 Å². The first-order valence-electron chi connectivity index (χ1n) is 19.0. The average Bonchev–Trinajstić information content (AvgIpc) is 3.73. The van der Waals surface area contributed by atoms with Crippen molar-refractivity contribution in [1.29, 1.82) is 0 Å². The minimum absolute atomic E-state index is 0.381. The third-order valence-corrected chi connectivity index (χ3v) is 12.1. The Hall–Kier alpha value is -7.16. The van der Waals surface area contributed by atoms with Gasteiger partial charge in [0.1, 0.15) is 0 Å². The summed E-state index contributed by atoms with van der Waals surface area (Å²) in [6, 6.07) is 70.8. The number of nitrogens with zero attached hydrogens (tertiary/aromatic N) is 2. The van der Waals surface area contributed by atoms with E-state index in [4.69, 9.17) is 9.97 Å². The molecule has 0 fully saturated rings. The van der Waals surface area contributed by atoms with Crippen molar-refractivity contribution in [2.45, 2.75) is 5.41 Å². The molecule has 10 aromatic rings. The molecular formula is C53H32N2. The highest BCUT2D eigenvalue weighted by atomic mass is 14.9. The van der Waals surface area contributed by atoms with Crippen LogP contribution < -0.4 is 0 Å². The van der Waals surface area contributed by atoms with E-state index in [1.807, 2.05) is 6.07 Å². The van der Waals surface area contributed by atoms with E-state index in [2.05, 4.69) is 188 Å². The third kappa shape index (κ3) is 4.19. The van der Waals surface area contributed by atoms with Gasteiger partial charge in [0.15, 0.2) is 5.82 Å². The maximum absolute atomic E-state index is 5.38. The topological polar surface area (TPSA) is 25.8 Å². The highest BCUT2D eigenvalue weighted by molar-refractivity contribution is 6.19. The highest BCUT2D eigenvalue weighted by Gasteiger charge is 2.51. The van der Waals surface area contributed by atoms with Crippen LogP contribution >= 0.6 is 0 Å². The van der Waals surface area contributed by atoms with E-state index in [1.54, 1.807) is 0 Å². The van der Waals surface area contributed by atoms with Crippen molar-refractivity contribution in [1.82, 2.24) is 9.97 Å². The normalized spacial score (nSPS) is 13.2. The molecule has 1 aromatic heterocycles. The minimum atomic E-state index is -0.381. The van der Waals surface area contributed by atoms with E-state index in [0.717, 1.165) is 28.1 Å². The van der Waals surface area contributed by atoms with Crippen molar-refractivity contribution >= 4 is 32.3 Å². The molecule has 254 valence electrons. The molecule has 12 rings (SSSR count). The quantitative estimate of drug-likeness (QED) is 0.136. The lowest BCUT2D eigenvalue weighted by molar-refractivity contribution is 0.794. The second-order valence-corrected chi connectivity index (χ2v) is 14.8. The van der Waals surface area contributed by atoms with Gasteiger partial charge in [-0.15, -0.1) is 0 Å². The molecule has 1 spiro atoms. The summed E-state index contributed by atoms with van der Waals surface area (Å²) in [6.07, 6.45) is 0. The second kappa shape index (κ2) is 11.4. The molecule has 0 radical (unpaired) electrons. The van der Waals surface area contributed by atoms with Gasteiger partial charge in [0.05, 0.1) is 16.8 Å². The maximum Gasteiger partial charge on any atom is 0.160 e. The van der Waals surface area contributed by atoms with E-state index >= 15 is 0 Å². The zero-order valence-corrected chi connectivity index (χ0v) is 29.9. The molecule has 1 heterocycles. The summed E-state index contributed by atoms with van der Waals surface area (Å²) in [5.41, 5.74) is 15.1. The molecule has 0 saturated carbocycles. The monoisotopic (exact) mass is 696 g/mol. The van der Waals surface area contributed by atoms with Crippen LogP contribution in [-0.2, 0) is 5.41 Å². The van der Waals surface area contributed by atoms with Crippen LogP contribution in [0.15, 0.2) is 194 Å². The van der Waals surface area contributed by atoms with Crippen LogP contribution in [-0.4, -0.2) is 9.97 Å². The molecule has 2 aliphatic carbocycles. The SMILES string of the molecule is c1ccc(-c2nc(-c3ccc4c(c3)-c3ccccc3C43c4ccccc4-c4ccccc43)cc(-c3c4ccccc4cc4c3ccc3ccccc34)n2)cc1. The van der Waals surface area contributed by atoms with Crippen molar-refractivity contribution in [2.75, 3.05) is 0 Å². The molecule has 0 atom stereocenters. The number of aromatic nitrogens is 2. The number of fused-ring (bicyclic) bond motifs is 14. The minimum Gasteiger partial charge on any atom is -0.228 e. The van der Waals surface area contributed by atoms with Crippen molar-refractivity contribution in [3.63, 3.8) is 0 Å². The van der Waals surface area contributed by atoms with Crippen molar-refractivity contribution in [2.24, 2.45) is 0 Å². The van der Waals surface area contributed by atoms with E-state index in [0.29, 0.717) is 5.82 Å². The summed E-state index contributed by atoms with van der Waals surface area (Å²) in [5.74, 6) is 0.714. The zero-order valence-electron chi connectivity index (χ0n) is 29.9. The Morgan fingerprint density at radius 1 is 0.309 bits per heavy atom. The summed E-state index contributed by atoms with van der Waals surface area (Å²) >= 11 is 0. The van der Waals surface area contributed by atoms with E-state index < -0.39 is 0 Å². The Bertz CT molecular complexity index is 3170. The van der Waals surface area contributed by atoms with Crippen LogP contribution in [0.2, 0.25) is 0 Å². The predicted molar refractivity (Wildman–Crippen MR) is 227 cm³/mol. The van der Waals surface area contributed by atoms with Gasteiger partial charge in [0.2, 0.25) is 0 Å². The summed E-state index contributed by atoms with van der Waals surface area (Å²) in [6.45, 7) is 0. The molecule has 55 heavy (non-hydrogen) atoms. The van der Waals surface area contributed by atoms with Crippen LogP contribution in [0.25, 0.3) is 88.5 Å². The van der Waals surface area contributed by atoms with E-state index in [1.165, 1.54) is 76.8 Å². The molecule has 2 aliphatic rings. The van der Waals surface area contributed by atoms with Gasteiger partial charge in [-0.3, -0.25) is 0 Å². The largest absolute Gasteiger partial charge is 0.228 e. The van der Waals surface area contributed by atoms with Gasteiger partial charge in [-0.1, -0.05) is 176 Å². The summed E-state index contributed by atoms with van der Waals surface area (Å²) < 4.78 is 0. The highest BCUT2D eigenvalue weighted by Crippen LogP contribution is 2.63. The van der Waals surface area contributed by atoms with E-state index in [-0.39, 0.29) is 5.41 Å². The first-order valence-corrected chi connectivity index (χ1v) is 19.0. The lowest BCUT2D eigenvalue weighted by Gasteiger charge is -2.30. The fourth-order valence-electron chi connectivity index (χ4n) is 9.79. The lowest BCUT2D eigenvalue weighted by Crippen LogP contribution is -2.25. The van der Waals surface area contributed by atoms with Gasteiger partial charge < -0.3 is 0 Å². The molecule has 2 heteroatoms. The number of rotatable bonds is 3. The summed E-state index contributed by atoms with van der Waals surface area (Å²) in [5, 5.41) is 7.25. The first kappa shape index (κ1) is 30.3. The number of benzene rings is 9. The van der Waals surface area contributed by atoms with Crippen molar-refractivity contribution in [3.8, 4) is 56.2 Å². The third-order valence-electron chi connectivity index (χ3n) is 12.1. The first-order chi connectivity index (χ1) is 27.3. The fourth-order valence-corrected chi connectivity index (χ4v) is 9.79. The van der Waals surface area contributed by atoms with Crippen LogP contribution in [0.5, 0.6) is 0 Å². The molecule has 0 aliphatic heterocycles. The standard InChI is InChI=1S/C53H32N2/c1-2-15-34(16-3-1)52-54-49(32-50(55-52)51-38-19-7-5-17-35(38)30-43-37-18-6-4-14-33(37)26-28-42(43)51)36-27-29-48-44(31-36)41-22-10-13-25-47(41)53(48)45-23-11-8-20-39(45)40-21-9-12-24-46(40)53/h1-32H. The number of hydrogen-bond acceptors (Lipinski definition) is 2. The Labute approximate surface area is 319 Å². The molecule has 0 amide bonds. The average molecular weight is 697 g/mol.